The molecular weight excluding hydrogens is 208 g/mol. The molecule has 0 bridgehead atoms. The summed E-state index contributed by atoms with van der Waals surface area (Å²) in [7, 11) is 1.68. The van der Waals surface area contributed by atoms with E-state index in [2.05, 4.69) is 13.8 Å². The number of hydrogen-bond acceptors (Lipinski definition) is 3. The second kappa shape index (κ2) is 5.10. The van der Waals surface area contributed by atoms with E-state index in [4.69, 9.17) is 4.74 Å². The van der Waals surface area contributed by atoms with E-state index in [-0.39, 0.29) is 0 Å². The number of methoxy groups -OCH3 is 1. The first-order valence-electron chi connectivity index (χ1n) is 5.38. The fraction of sp³-hybridized carbons (Fsp3) is 0.667. The Bertz CT molecular complexity index is 294. The quantitative estimate of drug-likeness (QED) is 0.838. The molecule has 1 atom stereocenters. The van der Waals surface area contributed by atoms with Gasteiger partial charge in [-0.15, -0.1) is 11.3 Å². The van der Waals surface area contributed by atoms with Crippen LogP contribution in [0.4, 0.5) is 0 Å². The van der Waals surface area contributed by atoms with E-state index in [9.17, 15) is 5.11 Å². The minimum absolute atomic E-state index is 0.435. The van der Waals surface area contributed by atoms with Crippen LogP contribution in [0.5, 0.6) is 0 Å². The average Bonchev–Trinajstić information content (AvgIpc) is 2.67. The van der Waals surface area contributed by atoms with Crippen LogP contribution in [0.2, 0.25) is 0 Å². The van der Waals surface area contributed by atoms with E-state index in [1.54, 1.807) is 18.4 Å². The van der Waals surface area contributed by atoms with Crippen molar-refractivity contribution in [2.45, 2.75) is 45.3 Å². The van der Waals surface area contributed by atoms with Gasteiger partial charge in [0.15, 0.2) is 0 Å². The molecule has 0 aliphatic carbocycles. The lowest BCUT2D eigenvalue weighted by molar-refractivity contribution is -0.108. The number of ether oxygens (including phenoxy) is 1. The van der Waals surface area contributed by atoms with Gasteiger partial charge in [0.1, 0.15) is 6.10 Å². The first-order valence-corrected chi connectivity index (χ1v) is 6.26. The molecule has 0 spiro atoms. The fourth-order valence-electron chi connectivity index (χ4n) is 1.94. The van der Waals surface area contributed by atoms with E-state index >= 15 is 0 Å². The molecule has 2 nitrogen and oxygen atoms in total. The minimum Gasteiger partial charge on any atom is -0.385 e. The molecule has 0 fully saturated rings. The van der Waals surface area contributed by atoms with Gasteiger partial charge in [-0.2, -0.15) is 0 Å². The van der Waals surface area contributed by atoms with Crippen molar-refractivity contribution in [3.8, 4) is 0 Å². The summed E-state index contributed by atoms with van der Waals surface area (Å²) in [6.45, 7) is 6.14. The SMILES string of the molecule is CCC(CC)(OC)C(O)c1sccc1C. The molecule has 1 aromatic rings. The highest BCUT2D eigenvalue weighted by molar-refractivity contribution is 7.10. The van der Waals surface area contributed by atoms with E-state index < -0.39 is 11.7 Å². The number of aliphatic hydroxyl groups is 1. The highest BCUT2D eigenvalue weighted by Crippen LogP contribution is 2.38. The van der Waals surface area contributed by atoms with E-state index in [1.807, 2.05) is 18.4 Å². The topological polar surface area (TPSA) is 29.5 Å². The summed E-state index contributed by atoms with van der Waals surface area (Å²) in [5, 5.41) is 12.4. The molecule has 0 amide bonds. The number of hydrogen-bond donors (Lipinski definition) is 1. The van der Waals surface area contributed by atoms with Crippen molar-refractivity contribution in [1.82, 2.24) is 0 Å². The molecule has 0 aromatic carbocycles. The predicted molar refractivity (Wildman–Crippen MR) is 64.3 cm³/mol. The van der Waals surface area contributed by atoms with Crippen LogP contribution in [-0.2, 0) is 4.74 Å². The Morgan fingerprint density at radius 3 is 2.40 bits per heavy atom. The highest BCUT2D eigenvalue weighted by atomic mass is 32.1. The molecule has 1 unspecified atom stereocenters. The van der Waals surface area contributed by atoms with Gasteiger partial charge in [-0.3, -0.25) is 0 Å². The smallest absolute Gasteiger partial charge is 0.117 e. The third-order valence-electron chi connectivity index (χ3n) is 3.25. The van der Waals surface area contributed by atoms with Crippen LogP contribution < -0.4 is 0 Å². The van der Waals surface area contributed by atoms with Crippen LogP contribution in [0.15, 0.2) is 11.4 Å². The second-order valence-electron chi connectivity index (χ2n) is 3.85. The molecule has 1 heterocycles. The number of thiophene rings is 1. The van der Waals surface area contributed by atoms with Gasteiger partial charge >= 0.3 is 0 Å². The number of aliphatic hydroxyl groups excluding tert-OH is 1. The molecule has 1 aromatic heterocycles. The molecule has 1 rings (SSSR count). The summed E-state index contributed by atoms with van der Waals surface area (Å²) in [4.78, 5) is 1.03. The summed E-state index contributed by atoms with van der Waals surface area (Å²) in [5.74, 6) is 0. The van der Waals surface area contributed by atoms with Crippen molar-refractivity contribution >= 4 is 11.3 Å². The standard InChI is InChI=1S/C12H20O2S/c1-5-12(6-2,14-4)11(13)10-9(3)7-8-15-10/h7-8,11,13H,5-6H2,1-4H3. The van der Waals surface area contributed by atoms with Gasteiger partial charge in [0.2, 0.25) is 0 Å². The zero-order valence-corrected chi connectivity index (χ0v) is 10.7. The van der Waals surface area contributed by atoms with Crippen molar-refractivity contribution in [2.24, 2.45) is 0 Å². The maximum Gasteiger partial charge on any atom is 0.117 e. The zero-order chi connectivity index (χ0) is 11.5. The Kier molecular flexibility index (Phi) is 4.32. The first-order chi connectivity index (χ1) is 7.11. The first kappa shape index (κ1) is 12.7. The Hall–Kier alpha value is -0.380. The molecular formula is C12H20O2S. The fourth-order valence-corrected chi connectivity index (χ4v) is 2.96. The van der Waals surface area contributed by atoms with Crippen molar-refractivity contribution in [3.05, 3.63) is 21.9 Å². The highest BCUT2D eigenvalue weighted by Gasteiger charge is 2.36. The van der Waals surface area contributed by atoms with Gasteiger partial charge in [0, 0.05) is 12.0 Å². The molecule has 0 aliphatic rings. The lowest BCUT2D eigenvalue weighted by atomic mass is 9.88. The van der Waals surface area contributed by atoms with Crippen LogP contribution in [0, 0.1) is 6.92 Å². The van der Waals surface area contributed by atoms with Gasteiger partial charge < -0.3 is 9.84 Å². The molecule has 1 N–H and O–H groups in total. The van der Waals surface area contributed by atoms with Gasteiger partial charge in [0.25, 0.3) is 0 Å². The Morgan fingerprint density at radius 1 is 1.47 bits per heavy atom. The van der Waals surface area contributed by atoms with Crippen molar-refractivity contribution in [2.75, 3.05) is 7.11 Å². The third-order valence-corrected chi connectivity index (χ3v) is 4.32. The van der Waals surface area contributed by atoms with Gasteiger partial charge in [0.05, 0.1) is 5.60 Å². The van der Waals surface area contributed by atoms with Gasteiger partial charge in [-0.05, 0) is 36.8 Å². The molecule has 15 heavy (non-hydrogen) atoms. The summed E-state index contributed by atoms with van der Waals surface area (Å²) in [6.07, 6.45) is 1.12. The molecule has 0 aliphatic heterocycles. The van der Waals surface area contributed by atoms with E-state index in [1.165, 1.54) is 0 Å². The Balaban J connectivity index is 3.00. The number of rotatable bonds is 5. The lowest BCUT2D eigenvalue weighted by Gasteiger charge is -2.35. The minimum atomic E-state index is -0.516. The van der Waals surface area contributed by atoms with Gasteiger partial charge in [-0.25, -0.2) is 0 Å². The van der Waals surface area contributed by atoms with Crippen LogP contribution >= 0.6 is 11.3 Å². The molecule has 86 valence electrons. The maximum absolute atomic E-state index is 10.4. The van der Waals surface area contributed by atoms with Crippen LogP contribution in [0.1, 0.15) is 43.2 Å². The maximum atomic E-state index is 10.4. The summed E-state index contributed by atoms with van der Waals surface area (Å²) < 4.78 is 5.53. The van der Waals surface area contributed by atoms with Crippen LogP contribution in [-0.4, -0.2) is 17.8 Å². The molecule has 3 heteroatoms. The predicted octanol–water partition coefficient (Wildman–Crippen LogP) is 3.30. The van der Waals surface area contributed by atoms with Crippen LogP contribution in [0.3, 0.4) is 0 Å². The second-order valence-corrected chi connectivity index (χ2v) is 4.79. The third kappa shape index (κ3) is 2.25. The average molecular weight is 228 g/mol. The van der Waals surface area contributed by atoms with Crippen molar-refractivity contribution < 1.29 is 9.84 Å². The van der Waals surface area contributed by atoms with Crippen LogP contribution in [0.25, 0.3) is 0 Å². The Morgan fingerprint density at radius 2 is 2.07 bits per heavy atom. The zero-order valence-electron chi connectivity index (χ0n) is 9.91. The normalized spacial score (nSPS) is 14.2. The monoisotopic (exact) mass is 228 g/mol. The molecule has 0 saturated carbocycles. The molecule has 0 radical (unpaired) electrons. The van der Waals surface area contributed by atoms with Crippen molar-refractivity contribution in [1.29, 1.82) is 0 Å². The summed E-state index contributed by atoms with van der Waals surface area (Å²) >= 11 is 1.60. The van der Waals surface area contributed by atoms with Crippen molar-refractivity contribution in [3.63, 3.8) is 0 Å². The lowest BCUT2D eigenvalue weighted by Crippen LogP contribution is -2.37. The van der Waals surface area contributed by atoms with E-state index in [0.717, 1.165) is 23.3 Å². The summed E-state index contributed by atoms with van der Waals surface area (Å²) in [5.41, 5.74) is 0.714. The Labute approximate surface area is 95.9 Å². The number of aryl methyl sites for hydroxylation is 1. The molecule has 0 saturated heterocycles. The van der Waals surface area contributed by atoms with E-state index in [0.29, 0.717) is 0 Å². The van der Waals surface area contributed by atoms with Gasteiger partial charge in [-0.1, -0.05) is 13.8 Å². The largest absolute Gasteiger partial charge is 0.385 e. The summed E-state index contributed by atoms with van der Waals surface area (Å²) in [6, 6.07) is 2.04.